The molecule has 0 unspecified atom stereocenters. The lowest BCUT2D eigenvalue weighted by atomic mass is 10.3. The van der Waals surface area contributed by atoms with Crippen molar-refractivity contribution in [3.63, 3.8) is 0 Å². The first-order chi connectivity index (χ1) is 9.82. The van der Waals surface area contributed by atoms with Crippen molar-refractivity contribution in [2.24, 2.45) is 7.05 Å². The standard InChI is InChI=1S/C11H12F3N5O2/c1-3-21-10(20)8-9(11(12,13)14)19(17-16-8)6-7-4-15-18(2)5-7/h4-5H,3,6H2,1-2H3. The van der Waals surface area contributed by atoms with Crippen molar-refractivity contribution in [3.05, 3.63) is 29.3 Å². The first-order valence-corrected chi connectivity index (χ1v) is 5.98. The molecule has 0 spiro atoms. The number of nitrogens with zero attached hydrogens (tertiary/aromatic N) is 5. The van der Waals surface area contributed by atoms with Gasteiger partial charge in [-0.1, -0.05) is 5.21 Å². The van der Waals surface area contributed by atoms with Crippen molar-refractivity contribution in [1.82, 2.24) is 24.8 Å². The Morgan fingerprint density at radius 2 is 2.14 bits per heavy atom. The number of carbonyl (C=O) groups excluding carboxylic acids is 1. The molecule has 0 saturated heterocycles. The minimum atomic E-state index is -4.77. The first-order valence-electron chi connectivity index (χ1n) is 5.98. The summed E-state index contributed by atoms with van der Waals surface area (Å²) >= 11 is 0. The molecule has 0 fully saturated rings. The van der Waals surface area contributed by atoms with Gasteiger partial charge in [-0.3, -0.25) is 4.68 Å². The van der Waals surface area contributed by atoms with Crippen LogP contribution in [0.25, 0.3) is 0 Å². The average molecular weight is 303 g/mol. The molecule has 0 aliphatic rings. The van der Waals surface area contributed by atoms with Crippen LogP contribution in [0, 0.1) is 0 Å². The maximum absolute atomic E-state index is 13.1. The van der Waals surface area contributed by atoms with Crippen molar-refractivity contribution >= 4 is 5.97 Å². The molecule has 0 saturated carbocycles. The monoisotopic (exact) mass is 303 g/mol. The number of aryl methyl sites for hydroxylation is 1. The molecule has 0 aliphatic carbocycles. The van der Waals surface area contributed by atoms with Gasteiger partial charge in [-0.2, -0.15) is 18.3 Å². The van der Waals surface area contributed by atoms with Gasteiger partial charge in [0.2, 0.25) is 5.69 Å². The molecule has 2 rings (SSSR count). The lowest BCUT2D eigenvalue weighted by Gasteiger charge is -2.10. The summed E-state index contributed by atoms with van der Waals surface area (Å²) < 4.78 is 46.0. The van der Waals surface area contributed by atoms with Gasteiger partial charge in [0.05, 0.1) is 19.3 Å². The van der Waals surface area contributed by atoms with Crippen LogP contribution in [-0.4, -0.2) is 37.4 Å². The fourth-order valence-corrected chi connectivity index (χ4v) is 1.77. The highest BCUT2D eigenvalue weighted by Crippen LogP contribution is 2.31. The van der Waals surface area contributed by atoms with E-state index in [9.17, 15) is 18.0 Å². The summed E-state index contributed by atoms with van der Waals surface area (Å²) in [6.07, 6.45) is -1.81. The van der Waals surface area contributed by atoms with Gasteiger partial charge in [-0.05, 0) is 6.92 Å². The summed E-state index contributed by atoms with van der Waals surface area (Å²) in [6.45, 7) is 1.24. The van der Waals surface area contributed by atoms with E-state index in [-0.39, 0.29) is 13.2 Å². The lowest BCUT2D eigenvalue weighted by molar-refractivity contribution is -0.144. The number of alkyl halides is 3. The fraction of sp³-hybridized carbons (Fsp3) is 0.455. The molecule has 0 aromatic carbocycles. The molecule has 0 radical (unpaired) electrons. The summed E-state index contributed by atoms with van der Waals surface area (Å²) in [4.78, 5) is 11.5. The number of hydrogen-bond donors (Lipinski definition) is 0. The largest absolute Gasteiger partial charge is 0.461 e. The van der Waals surface area contributed by atoms with Crippen molar-refractivity contribution in [2.45, 2.75) is 19.6 Å². The Hall–Kier alpha value is -2.39. The Balaban J connectivity index is 2.39. The highest BCUT2D eigenvalue weighted by Gasteiger charge is 2.42. The molecule has 0 amide bonds. The third kappa shape index (κ3) is 3.20. The van der Waals surface area contributed by atoms with Crippen molar-refractivity contribution in [2.75, 3.05) is 6.61 Å². The zero-order valence-electron chi connectivity index (χ0n) is 11.3. The van der Waals surface area contributed by atoms with Gasteiger partial charge in [0, 0.05) is 18.8 Å². The summed E-state index contributed by atoms with van der Waals surface area (Å²) in [7, 11) is 1.64. The molecular formula is C11H12F3N5O2. The quantitative estimate of drug-likeness (QED) is 0.795. The number of halogens is 3. The van der Waals surface area contributed by atoms with E-state index in [2.05, 4.69) is 20.1 Å². The molecule has 0 bridgehead atoms. The Morgan fingerprint density at radius 3 is 2.67 bits per heavy atom. The number of carbonyl (C=O) groups is 1. The van der Waals surface area contributed by atoms with Crippen LogP contribution < -0.4 is 0 Å². The average Bonchev–Trinajstić information content (AvgIpc) is 2.96. The van der Waals surface area contributed by atoms with Gasteiger partial charge in [0.15, 0.2) is 5.69 Å². The van der Waals surface area contributed by atoms with Crippen LogP contribution in [0.3, 0.4) is 0 Å². The normalized spacial score (nSPS) is 11.7. The molecule has 114 valence electrons. The predicted octanol–water partition coefficient (Wildman–Crippen LogP) is 1.26. The Labute approximate surface area is 117 Å². The molecule has 7 nitrogen and oxygen atoms in total. The van der Waals surface area contributed by atoms with Crippen LogP contribution >= 0.6 is 0 Å². The fourth-order valence-electron chi connectivity index (χ4n) is 1.77. The minimum absolute atomic E-state index is 0.0500. The van der Waals surface area contributed by atoms with Crippen LogP contribution in [0.1, 0.15) is 28.7 Å². The molecular weight excluding hydrogens is 291 g/mol. The Bertz CT molecular complexity index is 647. The van der Waals surface area contributed by atoms with Crippen LogP contribution in [0.5, 0.6) is 0 Å². The summed E-state index contributed by atoms with van der Waals surface area (Å²) in [5, 5.41) is 10.6. The van der Waals surface area contributed by atoms with Crippen molar-refractivity contribution < 1.29 is 22.7 Å². The number of hydrogen-bond acceptors (Lipinski definition) is 5. The van der Waals surface area contributed by atoms with Crippen LogP contribution in [0.4, 0.5) is 13.2 Å². The minimum Gasteiger partial charge on any atom is -0.461 e. The van der Waals surface area contributed by atoms with Crippen molar-refractivity contribution in [1.29, 1.82) is 0 Å². The van der Waals surface area contributed by atoms with E-state index in [1.807, 2.05) is 0 Å². The second-order valence-electron chi connectivity index (χ2n) is 4.18. The maximum Gasteiger partial charge on any atom is 0.435 e. The maximum atomic E-state index is 13.1. The molecule has 0 N–H and O–H groups in total. The van der Waals surface area contributed by atoms with Gasteiger partial charge in [0.1, 0.15) is 0 Å². The number of ether oxygens (including phenoxy) is 1. The van der Waals surface area contributed by atoms with Gasteiger partial charge >= 0.3 is 12.1 Å². The lowest BCUT2D eigenvalue weighted by Crippen LogP contribution is -2.19. The molecule has 10 heteroatoms. The van der Waals surface area contributed by atoms with Crippen LogP contribution in [-0.2, 0) is 24.5 Å². The highest BCUT2D eigenvalue weighted by atomic mass is 19.4. The first kappa shape index (κ1) is 15.0. The Kier molecular flexibility index (Phi) is 3.96. The van der Waals surface area contributed by atoms with Gasteiger partial charge in [-0.25, -0.2) is 9.48 Å². The zero-order chi connectivity index (χ0) is 15.6. The van der Waals surface area contributed by atoms with E-state index in [1.54, 1.807) is 13.2 Å². The predicted molar refractivity (Wildman–Crippen MR) is 63.3 cm³/mol. The van der Waals surface area contributed by atoms with E-state index in [4.69, 9.17) is 0 Å². The molecule has 2 heterocycles. The molecule has 0 atom stereocenters. The number of aromatic nitrogens is 5. The number of esters is 1. The highest BCUT2D eigenvalue weighted by molar-refractivity contribution is 5.88. The van der Waals surface area contributed by atoms with Crippen LogP contribution in [0.15, 0.2) is 12.4 Å². The third-order valence-corrected chi connectivity index (χ3v) is 2.56. The Morgan fingerprint density at radius 1 is 1.43 bits per heavy atom. The van der Waals surface area contributed by atoms with Gasteiger partial charge in [0.25, 0.3) is 0 Å². The third-order valence-electron chi connectivity index (χ3n) is 2.56. The molecule has 21 heavy (non-hydrogen) atoms. The van der Waals surface area contributed by atoms with E-state index in [0.29, 0.717) is 10.2 Å². The van der Waals surface area contributed by atoms with Crippen molar-refractivity contribution in [3.8, 4) is 0 Å². The topological polar surface area (TPSA) is 74.8 Å². The van der Waals surface area contributed by atoms with E-state index in [0.717, 1.165) is 0 Å². The van der Waals surface area contributed by atoms with E-state index >= 15 is 0 Å². The second kappa shape index (κ2) is 5.54. The van der Waals surface area contributed by atoms with Crippen LogP contribution in [0.2, 0.25) is 0 Å². The van der Waals surface area contributed by atoms with Gasteiger partial charge in [-0.15, -0.1) is 5.10 Å². The summed E-state index contributed by atoms with van der Waals surface area (Å²) in [5.74, 6) is -1.15. The zero-order valence-corrected chi connectivity index (χ0v) is 11.3. The smallest absolute Gasteiger partial charge is 0.435 e. The molecule has 2 aromatic rings. The SMILES string of the molecule is CCOC(=O)c1nnn(Cc2cnn(C)c2)c1C(F)(F)F. The van der Waals surface area contributed by atoms with E-state index < -0.39 is 23.5 Å². The number of rotatable bonds is 4. The summed E-state index contributed by atoms with van der Waals surface area (Å²) in [5.41, 5.74) is -1.57. The molecule has 2 aromatic heterocycles. The van der Waals surface area contributed by atoms with Gasteiger partial charge < -0.3 is 4.74 Å². The second-order valence-corrected chi connectivity index (χ2v) is 4.18. The summed E-state index contributed by atoms with van der Waals surface area (Å²) in [6, 6.07) is 0. The molecule has 0 aliphatic heterocycles. The van der Waals surface area contributed by atoms with E-state index in [1.165, 1.54) is 17.8 Å².